The molecule has 9 heteroatoms. The fourth-order valence-corrected chi connectivity index (χ4v) is 3.63. The van der Waals surface area contributed by atoms with Crippen molar-refractivity contribution in [3.63, 3.8) is 0 Å². The molecule has 30 heavy (non-hydrogen) atoms. The molecule has 1 aromatic heterocycles. The van der Waals surface area contributed by atoms with Crippen molar-refractivity contribution in [3.05, 3.63) is 60.2 Å². The summed E-state index contributed by atoms with van der Waals surface area (Å²) in [6.07, 6.45) is 0. The number of rotatable bonds is 11. The lowest BCUT2D eigenvalue weighted by molar-refractivity contribution is -0.129. The minimum atomic E-state index is -0.00598. The summed E-state index contributed by atoms with van der Waals surface area (Å²) in [5, 5.41) is 12.5. The van der Waals surface area contributed by atoms with E-state index in [1.165, 1.54) is 11.8 Å². The Morgan fingerprint density at radius 2 is 1.90 bits per heavy atom. The normalized spacial score (nSPS) is 10.7. The third-order valence-electron chi connectivity index (χ3n) is 4.29. The summed E-state index contributed by atoms with van der Waals surface area (Å²) in [5.41, 5.74) is 1.81. The molecule has 3 aromatic rings. The van der Waals surface area contributed by atoms with E-state index in [1.807, 2.05) is 61.5 Å². The van der Waals surface area contributed by atoms with Gasteiger partial charge in [0.15, 0.2) is 0 Å². The topological polar surface area (TPSA) is 82.4 Å². The zero-order valence-corrected chi connectivity index (χ0v) is 17.9. The molecule has 0 bridgehead atoms. The molecule has 0 aliphatic carbocycles. The van der Waals surface area contributed by atoms with E-state index in [4.69, 9.17) is 9.47 Å². The number of benzene rings is 2. The molecule has 1 amide bonds. The fraction of sp³-hybridized carbons (Fsp3) is 0.333. The Morgan fingerprint density at radius 3 is 2.67 bits per heavy atom. The minimum absolute atomic E-state index is 0.00598. The number of amides is 1. The lowest BCUT2D eigenvalue weighted by Crippen LogP contribution is -2.34. The molecule has 158 valence electrons. The van der Waals surface area contributed by atoms with Gasteiger partial charge in [-0.3, -0.25) is 4.79 Å². The Balaban J connectivity index is 1.70. The van der Waals surface area contributed by atoms with Gasteiger partial charge in [0.2, 0.25) is 11.1 Å². The van der Waals surface area contributed by atoms with E-state index in [-0.39, 0.29) is 11.7 Å². The summed E-state index contributed by atoms with van der Waals surface area (Å²) in [6, 6.07) is 17.4. The molecule has 8 nitrogen and oxygen atoms in total. The molecule has 0 atom stereocenters. The number of carbonyl (C=O) groups excluding carboxylic acids is 1. The van der Waals surface area contributed by atoms with Gasteiger partial charge in [-0.2, -0.15) is 4.68 Å². The van der Waals surface area contributed by atoms with Gasteiger partial charge in [0, 0.05) is 20.2 Å². The Kier molecular flexibility index (Phi) is 8.22. The second-order valence-corrected chi connectivity index (χ2v) is 7.30. The molecule has 0 aliphatic heterocycles. The first-order valence-electron chi connectivity index (χ1n) is 9.67. The van der Waals surface area contributed by atoms with Gasteiger partial charge in [-0.1, -0.05) is 54.2 Å². The van der Waals surface area contributed by atoms with E-state index in [9.17, 15) is 4.79 Å². The van der Waals surface area contributed by atoms with Crippen LogP contribution in [0.1, 0.15) is 12.5 Å². The van der Waals surface area contributed by atoms with E-state index < -0.39 is 0 Å². The van der Waals surface area contributed by atoms with Crippen LogP contribution in [-0.4, -0.2) is 63.6 Å². The predicted molar refractivity (Wildman–Crippen MR) is 115 cm³/mol. The van der Waals surface area contributed by atoms with Crippen LogP contribution in [0, 0.1) is 0 Å². The van der Waals surface area contributed by atoms with Crippen LogP contribution in [0.4, 0.5) is 0 Å². The van der Waals surface area contributed by atoms with Gasteiger partial charge in [0.05, 0.1) is 19.0 Å². The highest BCUT2D eigenvalue weighted by Gasteiger charge is 2.18. The first kappa shape index (κ1) is 21.8. The van der Waals surface area contributed by atoms with Gasteiger partial charge in [-0.05, 0) is 35.0 Å². The maximum Gasteiger partial charge on any atom is 0.233 e. The number of nitrogens with zero attached hydrogens (tertiary/aromatic N) is 5. The van der Waals surface area contributed by atoms with Crippen LogP contribution in [-0.2, 0) is 16.1 Å². The van der Waals surface area contributed by atoms with Crippen molar-refractivity contribution in [2.45, 2.75) is 18.6 Å². The Bertz CT molecular complexity index is 935. The summed E-state index contributed by atoms with van der Waals surface area (Å²) in [7, 11) is 1.63. The third kappa shape index (κ3) is 5.80. The summed E-state index contributed by atoms with van der Waals surface area (Å²) in [5.74, 6) is 0.896. The summed E-state index contributed by atoms with van der Waals surface area (Å²) in [6.45, 7) is 3.98. The number of tetrazole rings is 1. The van der Waals surface area contributed by atoms with E-state index in [0.29, 0.717) is 37.2 Å². The van der Waals surface area contributed by atoms with Gasteiger partial charge in [0.25, 0.3) is 0 Å². The lowest BCUT2D eigenvalue weighted by Gasteiger charge is -2.22. The third-order valence-corrected chi connectivity index (χ3v) is 5.20. The standard InChI is InChI=1S/C21H25N5O3S/c1-3-29-19-12-8-7-11-18(19)26-21(22-23-24-26)30-16-20(27)25(13-14-28-2)15-17-9-5-4-6-10-17/h4-12H,3,13-16H2,1-2H3. The molecule has 3 rings (SSSR count). The van der Waals surface area contributed by atoms with E-state index >= 15 is 0 Å². The molecule has 2 aromatic carbocycles. The van der Waals surface area contributed by atoms with Crippen LogP contribution < -0.4 is 4.74 Å². The number of carbonyl (C=O) groups is 1. The van der Waals surface area contributed by atoms with E-state index in [2.05, 4.69) is 15.5 Å². The van der Waals surface area contributed by atoms with Crippen LogP contribution in [0.5, 0.6) is 5.75 Å². The minimum Gasteiger partial charge on any atom is -0.492 e. The van der Waals surface area contributed by atoms with Gasteiger partial charge < -0.3 is 14.4 Å². The predicted octanol–water partition coefficient (Wildman–Crippen LogP) is 2.83. The van der Waals surface area contributed by atoms with Crippen molar-refractivity contribution in [1.82, 2.24) is 25.1 Å². The van der Waals surface area contributed by atoms with E-state index in [1.54, 1.807) is 16.7 Å². The van der Waals surface area contributed by atoms with Crippen LogP contribution in [0.2, 0.25) is 0 Å². The molecule has 0 aliphatic rings. The molecular formula is C21H25N5O3S. The van der Waals surface area contributed by atoms with E-state index in [0.717, 1.165) is 11.3 Å². The van der Waals surface area contributed by atoms with Crippen molar-refractivity contribution in [2.24, 2.45) is 0 Å². The number of hydrogen-bond acceptors (Lipinski definition) is 7. The lowest BCUT2D eigenvalue weighted by atomic mass is 10.2. The second-order valence-electron chi connectivity index (χ2n) is 6.36. The molecule has 1 heterocycles. The number of hydrogen-bond donors (Lipinski definition) is 0. The van der Waals surface area contributed by atoms with Crippen LogP contribution in [0.15, 0.2) is 59.8 Å². The molecule has 0 N–H and O–H groups in total. The van der Waals surface area contributed by atoms with Gasteiger partial charge in [-0.25, -0.2) is 0 Å². The van der Waals surface area contributed by atoms with Crippen molar-refractivity contribution in [2.75, 3.05) is 32.6 Å². The molecule has 0 saturated heterocycles. The Hall–Kier alpha value is -2.91. The first-order valence-corrected chi connectivity index (χ1v) is 10.7. The fourth-order valence-electron chi connectivity index (χ4n) is 2.84. The van der Waals surface area contributed by atoms with Crippen LogP contribution in [0.25, 0.3) is 5.69 Å². The van der Waals surface area contributed by atoms with Gasteiger partial charge in [0.1, 0.15) is 11.4 Å². The van der Waals surface area contributed by atoms with Crippen molar-refractivity contribution in [1.29, 1.82) is 0 Å². The molecule has 0 radical (unpaired) electrons. The van der Waals surface area contributed by atoms with Crippen molar-refractivity contribution >= 4 is 17.7 Å². The molecular weight excluding hydrogens is 402 g/mol. The van der Waals surface area contributed by atoms with Gasteiger partial charge >= 0.3 is 0 Å². The van der Waals surface area contributed by atoms with Crippen LogP contribution in [0.3, 0.4) is 0 Å². The Morgan fingerprint density at radius 1 is 1.13 bits per heavy atom. The highest BCUT2D eigenvalue weighted by Crippen LogP contribution is 2.26. The number of para-hydroxylation sites is 2. The highest BCUT2D eigenvalue weighted by atomic mass is 32.2. The SMILES string of the molecule is CCOc1ccccc1-n1nnnc1SCC(=O)N(CCOC)Cc1ccccc1. The summed E-state index contributed by atoms with van der Waals surface area (Å²) in [4.78, 5) is 14.7. The van der Waals surface area contributed by atoms with Crippen LogP contribution >= 0.6 is 11.8 Å². The zero-order chi connectivity index (χ0) is 21.2. The molecule has 0 unspecified atom stereocenters. The zero-order valence-electron chi connectivity index (χ0n) is 17.1. The number of ether oxygens (including phenoxy) is 2. The van der Waals surface area contributed by atoms with Gasteiger partial charge in [-0.15, -0.1) is 5.10 Å². The summed E-state index contributed by atoms with van der Waals surface area (Å²) >= 11 is 1.30. The summed E-state index contributed by atoms with van der Waals surface area (Å²) < 4.78 is 12.4. The van der Waals surface area contributed by atoms with Crippen molar-refractivity contribution < 1.29 is 14.3 Å². The average Bonchev–Trinajstić information content (AvgIpc) is 3.24. The highest BCUT2D eigenvalue weighted by molar-refractivity contribution is 7.99. The molecule has 0 spiro atoms. The molecule has 0 fully saturated rings. The maximum absolute atomic E-state index is 12.9. The largest absolute Gasteiger partial charge is 0.492 e. The quantitative estimate of drug-likeness (QED) is 0.435. The second kappa shape index (κ2) is 11.3. The molecule has 0 saturated carbocycles. The number of aromatic nitrogens is 4. The monoisotopic (exact) mass is 427 g/mol. The number of thioether (sulfide) groups is 1. The smallest absolute Gasteiger partial charge is 0.233 e. The average molecular weight is 428 g/mol. The maximum atomic E-state index is 12.9. The Labute approximate surface area is 180 Å². The number of methoxy groups -OCH3 is 1. The van der Waals surface area contributed by atoms with Crippen molar-refractivity contribution in [3.8, 4) is 11.4 Å². The first-order chi connectivity index (χ1) is 14.7.